The highest BCUT2D eigenvalue weighted by Gasteiger charge is 2.22. The third-order valence-electron chi connectivity index (χ3n) is 6.37. The Hall–Kier alpha value is -4.53. The van der Waals surface area contributed by atoms with Crippen molar-refractivity contribution in [3.05, 3.63) is 94.7 Å². The van der Waals surface area contributed by atoms with E-state index in [9.17, 15) is 9.18 Å². The SMILES string of the molecule is O=C(Cc1ccc(F)c(Cc2ncccc2-c2ncnc3c2N=CC3)c1F)c1ccc2c(c1)OCCO2. The minimum absolute atomic E-state index is 0.0984. The quantitative estimate of drug-likeness (QED) is 0.353. The number of halogens is 2. The van der Waals surface area contributed by atoms with Crippen molar-refractivity contribution in [2.75, 3.05) is 13.2 Å². The Morgan fingerprint density at radius 1 is 0.973 bits per heavy atom. The zero-order valence-electron chi connectivity index (χ0n) is 19.6. The molecule has 0 bridgehead atoms. The number of hydrogen-bond acceptors (Lipinski definition) is 7. The monoisotopic (exact) mass is 498 g/mol. The second-order valence-electron chi connectivity index (χ2n) is 8.67. The molecule has 0 spiro atoms. The van der Waals surface area contributed by atoms with E-state index in [1.54, 1.807) is 42.7 Å². The highest BCUT2D eigenvalue weighted by Crippen LogP contribution is 2.35. The predicted octanol–water partition coefficient (Wildman–Crippen LogP) is 4.86. The number of hydrogen-bond donors (Lipinski definition) is 0. The van der Waals surface area contributed by atoms with Crippen LogP contribution in [-0.4, -0.2) is 40.2 Å². The van der Waals surface area contributed by atoms with Crippen LogP contribution in [-0.2, 0) is 19.3 Å². The molecule has 0 unspecified atom stereocenters. The molecule has 4 aromatic rings. The Morgan fingerprint density at radius 3 is 2.73 bits per heavy atom. The molecule has 7 nitrogen and oxygen atoms in total. The number of fused-ring (bicyclic) bond motifs is 2. The van der Waals surface area contributed by atoms with Crippen LogP contribution in [0.3, 0.4) is 0 Å². The standard InChI is InChI=1S/C28H20F2N4O3/c29-20-5-3-17(12-23(35)16-4-6-24-25(13-16)37-11-10-36-24)26(30)19(20)14-22-18(2-1-8-31-22)27-28-21(7-9-32-28)33-15-34-27/h1-6,8-9,13,15H,7,10-12,14H2. The Balaban J connectivity index is 1.31. The molecule has 2 aliphatic heterocycles. The summed E-state index contributed by atoms with van der Waals surface area (Å²) in [6.07, 6.45) is 5.01. The molecule has 2 aromatic heterocycles. The number of ketones is 1. The molecule has 0 saturated heterocycles. The zero-order valence-corrected chi connectivity index (χ0v) is 19.6. The summed E-state index contributed by atoms with van der Waals surface area (Å²) >= 11 is 0. The van der Waals surface area contributed by atoms with Gasteiger partial charge in [0, 0.05) is 48.4 Å². The maximum absolute atomic E-state index is 15.6. The van der Waals surface area contributed by atoms with Gasteiger partial charge >= 0.3 is 0 Å². The van der Waals surface area contributed by atoms with Gasteiger partial charge in [0.15, 0.2) is 17.3 Å². The Labute approximate surface area is 210 Å². The minimum atomic E-state index is -0.770. The molecule has 2 aromatic carbocycles. The van der Waals surface area contributed by atoms with E-state index >= 15 is 4.39 Å². The summed E-state index contributed by atoms with van der Waals surface area (Å²) in [5, 5.41) is 0. The van der Waals surface area contributed by atoms with Crippen LogP contribution in [0.5, 0.6) is 11.5 Å². The number of ether oxygens (including phenoxy) is 2. The van der Waals surface area contributed by atoms with Gasteiger partial charge < -0.3 is 9.47 Å². The number of rotatable bonds is 6. The number of carbonyl (C=O) groups excluding carboxylic acids is 1. The van der Waals surface area contributed by atoms with Gasteiger partial charge in [0.2, 0.25) is 0 Å². The van der Waals surface area contributed by atoms with Crippen molar-refractivity contribution in [3.8, 4) is 22.8 Å². The summed E-state index contributed by atoms with van der Waals surface area (Å²) in [4.78, 5) is 30.4. The van der Waals surface area contributed by atoms with Crippen LogP contribution in [0, 0.1) is 11.6 Å². The van der Waals surface area contributed by atoms with Crippen molar-refractivity contribution in [1.29, 1.82) is 0 Å². The van der Waals surface area contributed by atoms with Gasteiger partial charge in [-0.15, -0.1) is 0 Å². The third kappa shape index (κ3) is 4.33. The van der Waals surface area contributed by atoms with E-state index in [0.29, 0.717) is 59.3 Å². The summed E-state index contributed by atoms with van der Waals surface area (Å²) < 4.78 is 41.5. The molecule has 0 saturated carbocycles. The number of carbonyl (C=O) groups is 1. The van der Waals surface area contributed by atoms with Gasteiger partial charge in [-0.05, 0) is 42.0 Å². The summed E-state index contributed by atoms with van der Waals surface area (Å²) in [7, 11) is 0. The lowest BCUT2D eigenvalue weighted by atomic mass is 9.96. The number of Topliss-reactive ketones (excluding diaryl/α,β-unsaturated/α-hetero) is 1. The molecular formula is C28H20F2N4O3. The van der Waals surface area contributed by atoms with Crippen LogP contribution in [0.25, 0.3) is 11.3 Å². The summed E-state index contributed by atoms with van der Waals surface area (Å²) in [6, 6.07) is 10.9. The molecule has 0 aliphatic carbocycles. The second kappa shape index (κ2) is 9.50. The van der Waals surface area contributed by atoms with E-state index in [2.05, 4.69) is 19.9 Å². The lowest BCUT2D eigenvalue weighted by molar-refractivity contribution is 0.0990. The summed E-state index contributed by atoms with van der Waals surface area (Å²) in [6.45, 7) is 0.828. The van der Waals surface area contributed by atoms with Crippen molar-refractivity contribution in [3.63, 3.8) is 0 Å². The number of benzene rings is 2. The fourth-order valence-corrected chi connectivity index (χ4v) is 4.52. The third-order valence-corrected chi connectivity index (χ3v) is 6.37. The van der Waals surface area contributed by atoms with Crippen LogP contribution in [0.1, 0.15) is 32.9 Å². The van der Waals surface area contributed by atoms with Crippen molar-refractivity contribution in [1.82, 2.24) is 15.0 Å². The van der Waals surface area contributed by atoms with Crippen molar-refractivity contribution in [2.45, 2.75) is 19.3 Å². The smallest absolute Gasteiger partial charge is 0.167 e. The van der Waals surface area contributed by atoms with Crippen molar-refractivity contribution in [2.24, 2.45) is 4.99 Å². The largest absolute Gasteiger partial charge is 0.486 e. The lowest BCUT2D eigenvalue weighted by Crippen LogP contribution is -2.16. The van der Waals surface area contributed by atoms with E-state index in [0.717, 1.165) is 5.69 Å². The Bertz CT molecular complexity index is 1570. The lowest BCUT2D eigenvalue weighted by Gasteiger charge is -2.18. The number of pyridine rings is 1. The molecule has 0 amide bonds. The average molecular weight is 498 g/mol. The fraction of sp³-hybridized carbons (Fsp3) is 0.179. The van der Waals surface area contributed by atoms with Gasteiger partial charge in [0.1, 0.15) is 42.6 Å². The molecule has 0 atom stereocenters. The first-order valence-electron chi connectivity index (χ1n) is 11.8. The van der Waals surface area contributed by atoms with Crippen molar-refractivity contribution < 1.29 is 23.0 Å². The van der Waals surface area contributed by atoms with Gasteiger partial charge in [0.25, 0.3) is 0 Å². The number of aromatic nitrogens is 3. The Morgan fingerprint density at radius 2 is 1.84 bits per heavy atom. The first-order chi connectivity index (χ1) is 18.1. The minimum Gasteiger partial charge on any atom is -0.486 e. The summed E-state index contributed by atoms with van der Waals surface area (Å²) in [5.41, 5.74) is 3.35. The topological polar surface area (TPSA) is 86.6 Å². The number of nitrogens with zero attached hydrogens (tertiary/aromatic N) is 4. The van der Waals surface area contributed by atoms with Gasteiger partial charge in [-0.2, -0.15) is 0 Å². The molecule has 0 fully saturated rings. The fourth-order valence-electron chi connectivity index (χ4n) is 4.52. The van der Waals surface area contributed by atoms with E-state index < -0.39 is 11.6 Å². The Kier molecular flexibility index (Phi) is 5.88. The predicted molar refractivity (Wildman–Crippen MR) is 132 cm³/mol. The van der Waals surface area contributed by atoms with Gasteiger partial charge in [-0.3, -0.25) is 14.8 Å². The van der Waals surface area contributed by atoms with E-state index in [1.807, 2.05) is 0 Å². The summed E-state index contributed by atoms with van der Waals surface area (Å²) in [5.74, 6) is -0.768. The highest BCUT2D eigenvalue weighted by atomic mass is 19.1. The van der Waals surface area contributed by atoms with E-state index in [4.69, 9.17) is 9.47 Å². The maximum Gasteiger partial charge on any atom is 0.167 e. The molecule has 6 rings (SSSR count). The number of aliphatic imine (C=N–C) groups is 1. The van der Waals surface area contributed by atoms with Crippen LogP contribution >= 0.6 is 0 Å². The second-order valence-corrected chi connectivity index (χ2v) is 8.67. The molecule has 37 heavy (non-hydrogen) atoms. The molecule has 4 heterocycles. The molecule has 2 aliphatic rings. The molecule has 9 heteroatoms. The molecular weight excluding hydrogens is 478 g/mol. The first-order valence-corrected chi connectivity index (χ1v) is 11.8. The molecule has 0 N–H and O–H groups in total. The maximum atomic E-state index is 15.6. The first kappa shape index (κ1) is 22.9. The molecule has 184 valence electrons. The van der Waals surface area contributed by atoms with Gasteiger partial charge in [0.05, 0.1) is 11.4 Å². The van der Waals surface area contributed by atoms with Crippen LogP contribution in [0.4, 0.5) is 14.5 Å². The van der Waals surface area contributed by atoms with Crippen LogP contribution in [0.2, 0.25) is 0 Å². The van der Waals surface area contributed by atoms with E-state index in [-0.39, 0.29) is 29.8 Å². The zero-order chi connectivity index (χ0) is 25.4. The van der Waals surface area contributed by atoms with Crippen molar-refractivity contribution >= 4 is 17.7 Å². The highest BCUT2D eigenvalue weighted by molar-refractivity contribution is 5.98. The van der Waals surface area contributed by atoms with Crippen LogP contribution < -0.4 is 9.47 Å². The van der Waals surface area contributed by atoms with Gasteiger partial charge in [-0.1, -0.05) is 6.07 Å². The average Bonchev–Trinajstić information content (AvgIpc) is 3.42. The van der Waals surface area contributed by atoms with Crippen LogP contribution in [0.15, 0.2) is 60.0 Å². The normalized spacial score (nSPS) is 13.5. The van der Waals surface area contributed by atoms with E-state index in [1.165, 1.54) is 18.5 Å². The molecule has 0 radical (unpaired) electrons. The van der Waals surface area contributed by atoms with Gasteiger partial charge in [-0.25, -0.2) is 18.7 Å².